The number of hydrogen-bond acceptors (Lipinski definition) is 3. The van der Waals surface area contributed by atoms with E-state index in [0.29, 0.717) is 12.5 Å². The highest BCUT2D eigenvalue weighted by Crippen LogP contribution is 2.25. The van der Waals surface area contributed by atoms with Crippen LogP contribution in [-0.2, 0) is 9.59 Å². The number of nitrogens with one attached hydrogen (secondary N) is 1. The van der Waals surface area contributed by atoms with E-state index in [1.165, 1.54) is 4.90 Å². The predicted octanol–water partition coefficient (Wildman–Crippen LogP) is -1.11. The Balaban J connectivity index is 2.02. The summed E-state index contributed by atoms with van der Waals surface area (Å²) in [5.41, 5.74) is 0. The van der Waals surface area contributed by atoms with Crippen LogP contribution in [0.15, 0.2) is 0 Å². The lowest BCUT2D eigenvalue weighted by molar-refractivity contribution is -0.143. The summed E-state index contributed by atoms with van der Waals surface area (Å²) in [4.78, 5) is 23.3. The van der Waals surface area contributed by atoms with Crippen LogP contribution < -0.4 is 5.32 Å². The largest absolute Gasteiger partial charge is 0.480 e. The van der Waals surface area contributed by atoms with E-state index in [2.05, 4.69) is 5.32 Å². The van der Waals surface area contributed by atoms with E-state index >= 15 is 0 Å². The molecule has 1 amide bonds. The third-order valence-corrected chi connectivity index (χ3v) is 2.71. The molecule has 0 unspecified atom stereocenters. The van der Waals surface area contributed by atoms with Gasteiger partial charge in [0.05, 0.1) is 6.04 Å². The summed E-state index contributed by atoms with van der Waals surface area (Å²) in [5, 5.41) is 11.6. The van der Waals surface area contributed by atoms with Gasteiger partial charge in [-0.2, -0.15) is 0 Å². The Bertz CT molecular complexity index is 254. The highest BCUT2D eigenvalue weighted by molar-refractivity contribution is 5.88. The smallest absolute Gasteiger partial charge is 0.323 e. The molecular weight excluding hydrogens is 172 g/mol. The molecule has 0 radical (unpaired) electrons. The Labute approximate surface area is 75.7 Å². The maximum Gasteiger partial charge on any atom is 0.323 e. The summed E-state index contributed by atoms with van der Waals surface area (Å²) in [6, 6.07) is -0.112. The lowest BCUT2D eigenvalue weighted by atomic mass is 10.1. The average molecular weight is 184 g/mol. The van der Waals surface area contributed by atoms with Gasteiger partial charge < -0.3 is 15.3 Å². The summed E-state index contributed by atoms with van der Waals surface area (Å²) in [5.74, 6) is -0.662. The van der Waals surface area contributed by atoms with Gasteiger partial charge in [-0.25, -0.2) is 0 Å². The average Bonchev–Trinajstić information content (AvgIpc) is 2.56. The maximum absolute atomic E-state index is 11.5. The third-order valence-electron chi connectivity index (χ3n) is 2.71. The number of carboxylic acid groups (broad SMARTS) is 1. The molecule has 2 N–H and O–H groups in total. The van der Waals surface area contributed by atoms with Crippen LogP contribution in [0.2, 0.25) is 0 Å². The van der Waals surface area contributed by atoms with Gasteiger partial charge in [0.15, 0.2) is 0 Å². The second-order valence-electron chi connectivity index (χ2n) is 3.59. The first-order valence-corrected chi connectivity index (χ1v) is 4.42. The molecule has 2 rings (SSSR count). The second kappa shape index (κ2) is 2.99. The molecule has 2 aliphatic rings. The summed E-state index contributed by atoms with van der Waals surface area (Å²) in [7, 11) is 0. The fraction of sp³-hybridized carbons (Fsp3) is 0.750. The van der Waals surface area contributed by atoms with Gasteiger partial charge in [0, 0.05) is 12.5 Å². The highest BCUT2D eigenvalue weighted by atomic mass is 16.4. The van der Waals surface area contributed by atoms with Crippen LogP contribution in [0.1, 0.15) is 6.42 Å². The van der Waals surface area contributed by atoms with Crippen molar-refractivity contribution in [3.05, 3.63) is 0 Å². The quantitative estimate of drug-likeness (QED) is 0.571. The molecule has 0 spiro atoms. The highest BCUT2D eigenvalue weighted by Gasteiger charge is 2.43. The van der Waals surface area contributed by atoms with E-state index in [4.69, 9.17) is 5.11 Å². The van der Waals surface area contributed by atoms with Crippen molar-refractivity contribution in [2.24, 2.45) is 5.92 Å². The zero-order valence-electron chi connectivity index (χ0n) is 7.19. The molecule has 0 saturated carbocycles. The number of fused-ring (bicyclic) bond motifs is 1. The van der Waals surface area contributed by atoms with E-state index in [1.807, 2.05) is 0 Å². The van der Waals surface area contributed by atoms with Crippen molar-refractivity contribution in [2.45, 2.75) is 12.5 Å². The van der Waals surface area contributed by atoms with Crippen molar-refractivity contribution in [2.75, 3.05) is 19.6 Å². The molecule has 2 fully saturated rings. The van der Waals surface area contributed by atoms with Crippen molar-refractivity contribution >= 4 is 11.9 Å². The number of likely N-dealkylation sites (tertiary alicyclic amines) is 1. The maximum atomic E-state index is 11.5. The van der Waals surface area contributed by atoms with Crippen molar-refractivity contribution < 1.29 is 14.7 Å². The Morgan fingerprint density at radius 2 is 2.46 bits per heavy atom. The van der Waals surface area contributed by atoms with Gasteiger partial charge in [0.25, 0.3) is 0 Å². The van der Waals surface area contributed by atoms with E-state index < -0.39 is 5.97 Å². The number of carbonyl (C=O) groups is 2. The van der Waals surface area contributed by atoms with Crippen molar-refractivity contribution in [3.63, 3.8) is 0 Å². The van der Waals surface area contributed by atoms with Gasteiger partial charge >= 0.3 is 5.97 Å². The molecule has 0 aromatic heterocycles. The van der Waals surface area contributed by atoms with Crippen molar-refractivity contribution in [3.8, 4) is 0 Å². The van der Waals surface area contributed by atoms with E-state index in [-0.39, 0.29) is 18.5 Å². The van der Waals surface area contributed by atoms with Crippen LogP contribution >= 0.6 is 0 Å². The number of nitrogens with zero attached hydrogens (tertiary/aromatic N) is 1. The lowest BCUT2D eigenvalue weighted by Gasteiger charge is -2.14. The summed E-state index contributed by atoms with van der Waals surface area (Å²) in [6.45, 7) is 1.32. The molecule has 13 heavy (non-hydrogen) atoms. The van der Waals surface area contributed by atoms with Crippen LogP contribution in [0.5, 0.6) is 0 Å². The normalized spacial score (nSPS) is 32.3. The minimum Gasteiger partial charge on any atom is -0.480 e. The number of rotatable bonds is 2. The number of carbonyl (C=O) groups excluding carboxylic acids is 1. The molecule has 2 aliphatic heterocycles. The standard InChI is InChI=1S/C8H12N2O3/c11-6(12)4-10-3-5-1-2-9-7(5)8(10)13/h5,7,9H,1-4H2,(H,11,12)/t5-,7-/m0/s1. The summed E-state index contributed by atoms with van der Waals surface area (Å²) < 4.78 is 0. The zero-order valence-corrected chi connectivity index (χ0v) is 7.19. The monoisotopic (exact) mass is 184 g/mol. The Morgan fingerprint density at radius 3 is 3.08 bits per heavy atom. The summed E-state index contributed by atoms with van der Waals surface area (Å²) in [6.07, 6.45) is 0.979. The number of carboxylic acids is 1. The molecule has 72 valence electrons. The third kappa shape index (κ3) is 1.39. The molecule has 5 nitrogen and oxygen atoms in total. The van der Waals surface area contributed by atoms with E-state index in [1.54, 1.807) is 0 Å². The lowest BCUT2D eigenvalue weighted by Crippen LogP contribution is -2.38. The van der Waals surface area contributed by atoms with Gasteiger partial charge in [-0.3, -0.25) is 9.59 Å². The molecule has 2 saturated heterocycles. The van der Waals surface area contributed by atoms with Crippen LogP contribution in [0.4, 0.5) is 0 Å². The van der Waals surface area contributed by atoms with E-state index in [0.717, 1.165) is 13.0 Å². The van der Waals surface area contributed by atoms with Gasteiger partial charge in [0.1, 0.15) is 6.54 Å². The van der Waals surface area contributed by atoms with Gasteiger partial charge in [-0.1, -0.05) is 0 Å². The first-order valence-electron chi connectivity index (χ1n) is 4.42. The number of amides is 1. The SMILES string of the molecule is O=C(O)CN1C[C@@H]2CCN[C@@H]2C1=O. The summed E-state index contributed by atoms with van der Waals surface area (Å²) >= 11 is 0. The minimum absolute atomic E-state index is 0.0510. The van der Waals surface area contributed by atoms with Crippen LogP contribution in [0.25, 0.3) is 0 Å². The van der Waals surface area contributed by atoms with Gasteiger partial charge in [0.2, 0.25) is 5.91 Å². The van der Waals surface area contributed by atoms with Gasteiger partial charge in [-0.15, -0.1) is 0 Å². The first-order chi connectivity index (χ1) is 6.18. The van der Waals surface area contributed by atoms with Gasteiger partial charge in [-0.05, 0) is 13.0 Å². The van der Waals surface area contributed by atoms with Crippen molar-refractivity contribution in [1.29, 1.82) is 0 Å². The minimum atomic E-state index is -0.937. The fourth-order valence-corrected chi connectivity index (χ4v) is 2.12. The second-order valence-corrected chi connectivity index (χ2v) is 3.59. The Hall–Kier alpha value is -1.10. The molecule has 0 aliphatic carbocycles. The van der Waals surface area contributed by atoms with Crippen LogP contribution in [0.3, 0.4) is 0 Å². The Kier molecular flexibility index (Phi) is 1.95. The number of aliphatic carboxylic acids is 1. The number of hydrogen-bond donors (Lipinski definition) is 2. The molecule has 0 bridgehead atoms. The molecule has 2 atom stereocenters. The predicted molar refractivity (Wildman–Crippen MR) is 44.1 cm³/mol. The van der Waals surface area contributed by atoms with Crippen molar-refractivity contribution in [1.82, 2.24) is 10.2 Å². The molecule has 0 aromatic rings. The first kappa shape index (κ1) is 8.50. The van der Waals surface area contributed by atoms with E-state index in [9.17, 15) is 9.59 Å². The molecule has 2 heterocycles. The molecule has 5 heteroatoms. The van der Waals surface area contributed by atoms with Crippen LogP contribution in [0, 0.1) is 5.92 Å². The Morgan fingerprint density at radius 1 is 1.69 bits per heavy atom. The topological polar surface area (TPSA) is 69.6 Å². The molecular formula is C8H12N2O3. The van der Waals surface area contributed by atoms with Crippen LogP contribution in [-0.4, -0.2) is 47.6 Å². The molecule has 0 aromatic carbocycles. The zero-order chi connectivity index (χ0) is 9.42. The fourth-order valence-electron chi connectivity index (χ4n) is 2.12.